The molecule has 1 amide bonds. The predicted molar refractivity (Wildman–Crippen MR) is 104 cm³/mol. The number of hydrogen-bond acceptors (Lipinski definition) is 5. The zero-order chi connectivity index (χ0) is 20.7. The Kier molecular flexibility index (Phi) is 7.38. The third-order valence-corrected chi connectivity index (χ3v) is 4.60. The summed E-state index contributed by atoms with van der Waals surface area (Å²) >= 11 is 0. The Morgan fingerprint density at radius 2 is 1.96 bits per heavy atom. The van der Waals surface area contributed by atoms with E-state index in [1.54, 1.807) is 26.8 Å². The van der Waals surface area contributed by atoms with Crippen molar-refractivity contribution in [2.75, 3.05) is 24.5 Å². The Bertz CT molecular complexity index is 744. The van der Waals surface area contributed by atoms with Crippen LogP contribution in [-0.2, 0) is 14.3 Å². The molecule has 0 spiro atoms. The van der Waals surface area contributed by atoms with Crippen LogP contribution in [0.3, 0.4) is 0 Å². The monoisotopic (exact) mass is 389 g/mol. The molecular weight excluding hydrogens is 361 g/mol. The summed E-state index contributed by atoms with van der Waals surface area (Å²) < 4.78 is 18.5. The van der Waals surface area contributed by atoms with Gasteiger partial charge in [-0.15, -0.1) is 0 Å². The lowest BCUT2D eigenvalue weighted by atomic mass is 9.95. The number of anilines is 1. The fourth-order valence-corrected chi connectivity index (χ4v) is 3.21. The maximum atomic E-state index is 13.3. The van der Waals surface area contributed by atoms with Crippen LogP contribution in [0.15, 0.2) is 18.2 Å². The third-order valence-electron chi connectivity index (χ3n) is 4.60. The summed E-state index contributed by atoms with van der Waals surface area (Å²) in [5.74, 6) is -0.598. The molecule has 0 aromatic heterocycles. The van der Waals surface area contributed by atoms with Crippen LogP contribution >= 0.6 is 0 Å². The number of halogens is 1. The van der Waals surface area contributed by atoms with Crippen LogP contribution in [-0.4, -0.2) is 37.1 Å². The first-order chi connectivity index (χ1) is 13.2. The van der Waals surface area contributed by atoms with Gasteiger partial charge in [-0.1, -0.05) is 0 Å². The molecule has 0 bridgehead atoms. The van der Waals surface area contributed by atoms with E-state index in [-0.39, 0.29) is 24.7 Å². The van der Waals surface area contributed by atoms with E-state index in [0.717, 1.165) is 31.6 Å². The molecule has 1 N–H and O–H groups in total. The van der Waals surface area contributed by atoms with E-state index in [1.807, 2.05) is 6.07 Å². The summed E-state index contributed by atoms with van der Waals surface area (Å²) in [7, 11) is 0. The van der Waals surface area contributed by atoms with Crippen molar-refractivity contribution in [2.45, 2.75) is 52.1 Å². The van der Waals surface area contributed by atoms with Crippen molar-refractivity contribution in [3.05, 3.63) is 29.6 Å². The van der Waals surface area contributed by atoms with Crippen molar-refractivity contribution in [3.63, 3.8) is 0 Å². The summed E-state index contributed by atoms with van der Waals surface area (Å²) in [5.41, 5.74) is 0.551. The number of carbonyl (C=O) groups excluding carboxylic acids is 2. The summed E-state index contributed by atoms with van der Waals surface area (Å²) in [6, 6.07) is 6.32. The number of carbonyl (C=O) groups is 2. The minimum atomic E-state index is -0.544. The van der Waals surface area contributed by atoms with E-state index in [4.69, 9.17) is 4.74 Å². The number of hydrogen-bond donors (Lipinski definition) is 1. The molecule has 152 valence electrons. The molecule has 1 fully saturated rings. The first kappa shape index (κ1) is 21.7. The molecule has 0 atom stereocenters. The molecule has 1 aliphatic heterocycles. The van der Waals surface area contributed by atoms with Gasteiger partial charge >= 0.3 is 5.97 Å². The van der Waals surface area contributed by atoms with Crippen LogP contribution in [0, 0.1) is 23.1 Å². The van der Waals surface area contributed by atoms with Gasteiger partial charge in [0.15, 0.2) is 0 Å². The number of nitrogens with one attached hydrogen (secondary N) is 1. The van der Waals surface area contributed by atoms with Gasteiger partial charge < -0.3 is 15.0 Å². The van der Waals surface area contributed by atoms with Gasteiger partial charge in [0.25, 0.3) is 0 Å². The minimum absolute atomic E-state index is 0.0725. The molecule has 7 heteroatoms. The average molecular weight is 389 g/mol. The molecule has 6 nitrogen and oxygen atoms in total. The van der Waals surface area contributed by atoms with Crippen LogP contribution in [0.5, 0.6) is 0 Å². The topological polar surface area (TPSA) is 82.4 Å². The van der Waals surface area contributed by atoms with Crippen molar-refractivity contribution in [2.24, 2.45) is 5.92 Å². The Morgan fingerprint density at radius 3 is 2.57 bits per heavy atom. The molecule has 1 aromatic rings. The summed E-state index contributed by atoms with van der Waals surface area (Å²) in [4.78, 5) is 25.7. The summed E-state index contributed by atoms with van der Waals surface area (Å²) in [6.45, 7) is 7.45. The first-order valence-corrected chi connectivity index (χ1v) is 9.61. The lowest BCUT2D eigenvalue weighted by Gasteiger charge is -2.34. The van der Waals surface area contributed by atoms with Crippen molar-refractivity contribution in [1.29, 1.82) is 5.26 Å². The third kappa shape index (κ3) is 6.84. The molecular formula is C21H28FN3O3. The van der Waals surface area contributed by atoms with E-state index >= 15 is 0 Å². The molecule has 0 aliphatic carbocycles. The number of benzene rings is 1. The number of nitrogens with zero attached hydrogens (tertiary/aromatic N) is 2. The Labute approximate surface area is 165 Å². The molecule has 2 rings (SSSR count). The summed E-state index contributed by atoms with van der Waals surface area (Å²) in [6.07, 6.45) is 1.93. The lowest BCUT2D eigenvalue weighted by molar-refractivity contribution is -0.155. The second-order valence-corrected chi connectivity index (χ2v) is 8.09. The number of esters is 1. The zero-order valence-electron chi connectivity index (χ0n) is 16.8. The van der Waals surface area contributed by atoms with Crippen molar-refractivity contribution < 1.29 is 18.7 Å². The molecule has 28 heavy (non-hydrogen) atoms. The minimum Gasteiger partial charge on any atom is -0.460 e. The van der Waals surface area contributed by atoms with Gasteiger partial charge in [-0.3, -0.25) is 9.59 Å². The van der Waals surface area contributed by atoms with Gasteiger partial charge in [0.05, 0.1) is 17.7 Å². The Hall–Kier alpha value is -2.62. The molecule has 0 radical (unpaired) electrons. The smallest absolute Gasteiger partial charge is 0.306 e. The van der Waals surface area contributed by atoms with E-state index in [0.29, 0.717) is 18.0 Å². The maximum Gasteiger partial charge on any atom is 0.306 e. The van der Waals surface area contributed by atoms with E-state index in [9.17, 15) is 19.2 Å². The molecule has 1 aliphatic rings. The zero-order valence-corrected chi connectivity index (χ0v) is 16.8. The largest absolute Gasteiger partial charge is 0.460 e. The predicted octanol–water partition coefficient (Wildman–Crippen LogP) is 3.15. The highest BCUT2D eigenvalue weighted by atomic mass is 19.1. The number of nitriles is 1. The molecule has 1 heterocycles. The fourth-order valence-electron chi connectivity index (χ4n) is 3.21. The van der Waals surface area contributed by atoms with Gasteiger partial charge in [0.2, 0.25) is 5.91 Å². The maximum absolute atomic E-state index is 13.3. The number of rotatable bonds is 6. The molecule has 0 unspecified atom stereocenters. The highest BCUT2D eigenvalue weighted by molar-refractivity contribution is 5.81. The second-order valence-electron chi connectivity index (χ2n) is 8.09. The van der Waals surface area contributed by atoms with Crippen LogP contribution in [0.4, 0.5) is 10.1 Å². The van der Waals surface area contributed by atoms with E-state index < -0.39 is 11.4 Å². The Balaban J connectivity index is 1.72. The van der Waals surface area contributed by atoms with Crippen LogP contribution in [0.2, 0.25) is 0 Å². The quantitative estimate of drug-likeness (QED) is 0.756. The Morgan fingerprint density at radius 1 is 1.29 bits per heavy atom. The number of amides is 1. The van der Waals surface area contributed by atoms with Gasteiger partial charge in [-0.05, 0) is 57.7 Å². The van der Waals surface area contributed by atoms with E-state index in [1.165, 1.54) is 12.1 Å². The average Bonchev–Trinajstić information content (AvgIpc) is 2.63. The molecule has 0 saturated carbocycles. The highest BCUT2D eigenvalue weighted by Gasteiger charge is 2.22. The van der Waals surface area contributed by atoms with Crippen molar-refractivity contribution in [3.8, 4) is 6.07 Å². The van der Waals surface area contributed by atoms with Gasteiger partial charge in [0.1, 0.15) is 17.5 Å². The first-order valence-electron chi connectivity index (χ1n) is 9.61. The second kappa shape index (κ2) is 9.54. The van der Waals surface area contributed by atoms with Crippen LogP contribution in [0.25, 0.3) is 0 Å². The van der Waals surface area contributed by atoms with Crippen molar-refractivity contribution in [1.82, 2.24) is 5.32 Å². The fraction of sp³-hybridized carbons (Fsp3) is 0.571. The van der Waals surface area contributed by atoms with Gasteiger partial charge in [-0.2, -0.15) is 5.26 Å². The van der Waals surface area contributed by atoms with E-state index in [2.05, 4.69) is 10.2 Å². The van der Waals surface area contributed by atoms with Crippen LogP contribution in [0.1, 0.15) is 52.0 Å². The van der Waals surface area contributed by atoms with Crippen LogP contribution < -0.4 is 10.2 Å². The molecule has 1 saturated heterocycles. The standard InChI is InChI=1S/C21H28FN3O3/c1-21(2,3)28-20(27)7-6-19(26)24-14-15-8-10-25(11-9-15)18-5-4-17(22)12-16(18)13-23/h4-5,12,15H,6-11,14H2,1-3H3,(H,24,26). The molecule has 1 aromatic carbocycles. The van der Waals surface area contributed by atoms with Gasteiger partial charge in [-0.25, -0.2) is 4.39 Å². The lowest BCUT2D eigenvalue weighted by Crippen LogP contribution is -2.39. The number of piperidine rings is 1. The summed E-state index contributed by atoms with van der Waals surface area (Å²) in [5, 5.41) is 12.1. The SMILES string of the molecule is CC(C)(C)OC(=O)CCC(=O)NCC1CCN(c2ccc(F)cc2C#N)CC1. The normalized spacial score (nSPS) is 15.0. The van der Waals surface area contributed by atoms with Crippen molar-refractivity contribution >= 4 is 17.6 Å². The van der Waals surface area contributed by atoms with Gasteiger partial charge in [0, 0.05) is 26.1 Å². The highest BCUT2D eigenvalue weighted by Crippen LogP contribution is 2.26. The number of ether oxygens (including phenoxy) is 1.